The van der Waals surface area contributed by atoms with E-state index >= 15 is 0 Å². The monoisotopic (exact) mass is 493 g/mol. The van der Waals surface area contributed by atoms with Gasteiger partial charge in [-0.05, 0) is 55.6 Å². The molecule has 10 heteroatoms. The van der Waals surface area contributed by atoms with Gasteiger partial charge >= 0.3 is 0 Å². The number of halogens is 1. The van der Waals surface area contributed by atoms with E-state index in [0.29, 0.717) is 38.3 Å². The van der Waals surface area contributed by atoms with Gasteiger partial charge in [-0.2, -0.15) is 5.26 Å². The molecule has 2 aliphatic rings. The van der Waals surface area contributed by atoms with E-state index in [9.17, 15) is 10.4 Å². The molecule has 0 unspecified atom stereocenters. The van der Waals surface area contributed by atoms with Crippen LogP contribution in [0.5, 0.6) is 0 Å². The van der Waals surface area contributed by atoms with Crippen LogP contribution in [0.25, 0.3) is 0 Å². The maximum Gasteiger partial charge on any atom is 0.143 e. The lowest BCUT2D eigenvalue weighted by Crippen LogP contribution is -2.56. The summed E-state index contributed by atoms with van der Waals surface area (Å²) >= 11 is 7.59. The second-order valence-corrected chi connectivity index (χ2v) is 10.2. The number of hydrogen-bond donors (Lipinski definition) is 4. The Labute approximate surface area is 206 Å². The van der Waals surface area contributed by atoms with Crippen molar-refractivity contribution in [2.45, 2.75) is 41.3 Å². The summed E-state index contributed by atoms with van der Waals surface area (Å²) in [6.07, 6.45) is 5.59. The zero-order chi connectivity index (χ0) is 23.9. The zero-order valence-corrected chi connectivity index (χ0v) is 20.0. The summed E-state index contributed by atoms with van der Waals surface area (Å²) in [4.78, 5) is 14.2. The van der Waals surface area contributed by atoms with Crippen molar-refractivity contribution in [1.82, 2.24) is 20.3 Å². The van der Waals surface area contributed by atoms with Crippen molar-refractivity contribution in [3.05, 3.63) is 69.8 Å². The third kappa shape index (κ3) is 3.45. The average molecular weight is 494 g/mol. The van der Waals surface area contributed by atoms with E-state index in [0.717, 1.165) is 37.1 Å². The van der Waals surface area contributed by atoms with E-state index in [1.54, 1.807) is 18.5 Å². The number of aliphatic hydroxyl groups excluding tert-OH is 1. The molecule has 6 N–H and O–H groups in total. The molecule has 0 bridgehead atoms. The van der Waals surface area contributed by atoms with Crippen LogP contribution in [0.1, 0.15) is 40.9 Å². The van der Waals surface area contributed by atoms with Gasteiger partial charge in [0.2, 0.25) is 0 Å². The van der Waals surface area contributed by atoms with Crippen LogP contribution in [0.15, 0.2) is 46.6 Å². The Bertz CT molecular complexity index is 1300. The molecule has 34 heavy (non-hydrogen) atoms. The second kappa shape index (κ2) is 8.80. The van der Waals surface area contributed by atoms with Gasteiger partial charge in [-0.15, -0.1) is 0 Å². The molecule has 1 spiro atoms. The summed E-state index contributed by atoms with van der Waals surface area (Å²) in [5.74, 6) is 0.239. The fourth-order valence-corrected chi connectivity index (χ4v) is 6.44. The molecule has 1 saturated heterocycles. The Hall–Kier alpha value is -2.74. The number of piperidine rings is 1. The first kappa shape index (κ1) is 23.0. The lowest BCUT2D eigenvalue weighted by Gasteiger charge is -2.46. The van der Waals surface area contributed by atoms with Gasteiger partial charge in [-0.1, -0.05) is 35.5 Å². The highest BCUT2D eigenvalue weighted by Gasteiger charge is 2.58. The van der Waals surface area contributed by atoms with Crippen LogP contribution in [0.3, 0.4) is 0 Å². The number of benzene rings is 1. The average Bonchev–Trinajstić information content (AvgIpc) is 3.10. The van der Waals surface area contributed by atoms with Crippen LogP contribution in [-0.2, 0) is 18.6 Å². The summed E-state index contributed by atoms with van der Waals surface area (Å²) in [5.41, 5.74) is 15.3. The molecule has 8 nitrogen and oxygen atoms in total. The third-order valence-corrected chi connectivity index (χ3v) is 8.55. The Morgan fingerprint density at radius 2 is 2.03 bits per heavy atom. The number of rotatable bonds is 4. The first-order valence-corrected chi connectivity index (χ1v) is 12.2. The number of nitrogens with one attached hydrogen (secondary N) is 1. The largest absolute Gasteiger partial charge is 0.390 e. The highest BCUT2D eigenvalue weighted by Crippen LogP contribution is 2.57. The highest BCUT2D eigenvalue weighted by molar-refractivity contribution is 7.99. The fourth-order valence-electron chi connectivity index (χ4n) is 5.40. The van der Waals surface area contributed by atoms with E-state index < -0.39 is 5.54 Å². The van der Waals surface area contributed by atoms with Gasteiger partial charge in [-0.3, -0.25) is 4.98 Å². The van der Waals surface area contributed by atoms with Crippen molar-refractivity contribution < 1.29 is 5.11 Å². The number of nitriles is 1. The van der Waals surface area contributed by atoms with Crippen molar-refractivity contribution in [3.63, 3.8) is 0 Å². The van der Waals surface area contributed by atoms with E-state index in [-0.39, 0.29) is 17.8 Å². The minimum atomic E-state index is -0.982. The summed E-state index contributed by atoms with van der Waals surface area (Å²) in [5, 5.41) is 24.4. The molecule has 1 atom stereocenters. The Morgan fingerprint density at radius 1 is 1.24 bits per heavy atom. The van der Waals surface area contributed by atoms with Crippen LogP contribution in [0, 0.1) is 16.7 Å². The van der Waals surface area contributed by atoms with Gasteiger partial charge in [0.15, 0.2) is 0 Å². The van der Waals surface area contributed by atoms with E-state index in [1.165, 1.54) is 11.8 Å². The maximum atomic E-state index is 10.3. The SMILES string of the molecule is N#Cc1cccc2c1CC1(CCNCC1)[C@@]2(N)c1ncc(Sc2ccnc(N)c2Cl)nc1CO. The molecule has 0 saturated carbocycles. The van der Waals surface area contributed by atoms with Crippen LogP contribution >= 0.6 is 23.4 Å². The Morgan fingerprint density at radius 3 is 2.76 bits per heavy atom. The number of nitrogens with zero attached hydrogens (tertiary/aromatic N) is 4. The molecular formula is C24H24ClN7OS. The summed E-state index contributed by atoms with van der Waals surface area (Å²) in [7, 11) is 0. The normalized spacial score (nSPS) is 20.8. The number of pyridine rings is 1. The van der Waals surface area contributed by atoms with Gasteiger partial charge < -0.3 is 21.9 Å². The molecule has 1 aromatic carbocycles. The molecule has 3 heterocycles. The molecule has 2 aromatic heterocycles. The summed E-state index contributed by atoms with van der Waals surface area (Å²) in [6.45, 7) is 1.34. The lowest BCUT2D eigenvalue weighted by molar-refractivity contribution is 0.114. The van der Waals surface area contributed by atoms with Crippen molar-refractivity contribution in [2.24, 2.45) is 11.1 Å². The molecule has 1 aliphatic carbocycles. The molecular weight excluding hydrogens is 470 g/mol. The van der Waals surface area contributed by atoms with Gasteiger partial charge in [-0.25, -0.2) is 9.97 Å². The van der Waals surface area contributed by atoms with E-state index in [2.05, 4.69) is 16.4 Å². The molecule has 1 fully saturated rings. The van der Waals surface area contributed by atoms with E-state index in [1.807, 2.05) is 18.2 Å². The predicted molar refractivity (Wildman–Crippen MR) is 130 cm³/mol. The van der Waals surface area contributed by atoms with Crippen molar-refractivity contribution >= 4 is 29.2 Å². The molecule has 5 rings (SSSR count). The first-order valence-electron chi connectivity index (χ1n) is 11.0. The number of nitrogens with two attached hydrogens (primary N) is 2. The van der Waals surface area contributed by atoms with E-state index in [4.69, 9.17) is 33.0 Å². The minimum absolute atomic E-state index is 0.239. The quantitative estimate of drug-likeness (QED) is 0.430. The number of aromatic nitrogens is 3. The Balaban J connectivity index is 1.64. The first-order chi connectivity index (χ1) is 16.4. The summed E-state index contributed by atoms with van der Waals surface area (Å²) < 4.78 is 0. The number of aliphatic hydroxyl groups is 1. The number of anilines is 1. The number of hydrogen-bond acceptors (Lipinski definition) is 9. The molecule has 174 valence electrons. The van der Waals surface area contributed by atoms with Crippen LogP contribution in [0.4, 0.5) is 5.82 Å². The van der Waals surface area contributed by atoms with Crippen LogP contribution in [-0.4, -0.2) is 33.1 Å². The topological polar surface area (TPSA) is 147 Å². The van der Waals surface area contributed by atoms with Gasteiger partial charge in [0, 0.05) is 16.5 Å². The standard InChI is InChI=1S/C24H24ClN7OS/c25-20-18(4-7-30-22(20)27)34-19-12-31-21(17(13-33)32-19)24(28)16-3-1-2-14(11-26)15(16)10-23(24)5-8-29-9-6-23/h1-4,7,12,29,33H,5-6,8-10,13,28H2,(H2,27,30)/t24-/m0/s1. The van der Waals surface area contributed by atoms with Crippen molar-refractivity contribution in [3.8, 4) is 6.07 Å². The van der Waals surface area contributed by atoms with Crippen molar-refractivity contribution in [1.29, 1.82) is 5.26 Å². The molecule has 0 radical (unpaired) electrons. The van der Waals surface area contributed by atoms with Gasteiger partial charge in [0.1, 0.15) is 10.8 Å². The maximum absolute atomic E-state index is 10.3. The molecule has 0 amide bonds. The fraction of sp³-hybridized carbons (Fsp3) is 0.333. The smallest absolute Gasteiger partial charge is 0.143 e. The van der Waals surface area contributed by atoms with Gasteiger partial charge in [0.25, 0.3) is 0 Å². The highest BCUT2D eigenvalue weighted by atomic mass is 35.5. The van der Waals surface area contributed by atoms with Crippen molar-refractivity contribution in [2.75, 3.05) is 18.8 Å². The predicted octanol–water partition coefficient (Wildman–Crippen LogP) is 2.75. The summed E-state index contributed by atoms with van der Waals surface area (Å²) in [6, 6.07) is 9.76. The zero-order valence-electron chi connectivity index (χ0n) is 18.4. The van der Waals surface area contributed by atoms with Gasteiger partial charge in [0.05, 0.1) is 46.4 Å². The lowest BCUT2D eigenvalue weighted by atomic mass is 9.63. The molecule has 1 aliphatic heterocycles. The minimum Gasteiger partial charge on any atom is -0.390 e. The number of fused-ring (bicyclic) bond motifs is 1. The van der Waals surface area contributed by atoms with Crippen LogP contribution < -0.4 is 16.8 Å². The second-order valence-electron chi connectivity index (χ2n) is 8.73. The van der Waals surface area contributed by atoms with Crippen LogP contribution in [0.2, 0.25) is 5.02 Å². The number of nitrogen functional groups attached to an aromatic ring is 1. The molecule has 3 aromatic rings. The Kier molecular flexibility index (Phi) is 5.96. The third-order valence-electron chi connectivity index (χ3n) is 7.07.